The first-order chi connectivity index (χ1) is 7.61. The lowest BCUT2D eigenvalue weighted by Gasteiger charge is -2.03. The zero-order chi connectivity index (χ0) is 12.0. The van der Waals surface area contributed by atoms with Gasteiger partial charge in [-0.3, -0.25) is 10.1 Å². The number of carbonyl (C=O) groups excluding carboxylic acids is 1. The molecule has 0 unspecified atom stereocenters. The average Bonchev–Trinajstić information content (AvgIpc) is 2.26. The summed E-state index contributed by atoms with van der Waals surface area (Å²) in [6.45, 7) is -0.785. The lowest BCUT2D eigenvalue weighted by atomic mass is 10.2. The summed E-state index contributed by atoms with van der Waals surface area (Å²) >= 11 is 0. The van der Waals surface area contributed by atoms with E-state index in [4.69, 9.17) is 9.47 Å². The van der Waals surface area contributed by atoms with Crippen LogP contribution in [-0.4, -0.2) is 24.5 Å². The number of esters is 1. The molecule has 0 aliphatic rings. The van der Waals surface area contributed by atoms with Crippen molar-refractivity contribution < 1.29 is 19.2 Å². The fourth-order valence-corrected chi connectivity index (χ4v) is 1.04. The van der Waals surface area contributed by atoms with Crippen LogP contribution in [0.25, 0.3) is 0 Å². The van der Waals surface area contributed by atoms with Crippen LogP contribution in [0, 0.1) is 10.1 Å². The third kappa shape index (κ3) is 3.95. The molecular weight excluding hydrogens is 214 g/mol. The standard InChI is InChI=1S/C10H11NO5/c1-15-9-4-2-8(3-5-9)7-16-10(12)6-11(13)14/h2-5H,6-7H2,1H3. The molecule has 0 aromatic heterocycles. The number of nitrogens with zero attached hydrogens (tertiary/aromatic N) is 1. The quantitative estimate of drug-likeness (QED) is 0.424. The van der Waals surface area contributed by atoms with Crippen LogP contribution in [0.5, 0.6) is 5.75 Å². The molecule has 0 bridgehead atoms. The molecule has 0 saturated heterocycles. The molecule has 0 amide bonds. The molecule has 1 aromatic rings. The van der Waals surface area contributed by atoms with Gasteiger partial charge in [-0.25, -0.2) is 4.79 Å². The molecule has 0 N–H and O–H groups in total. The van der Waals surface area contributed by atoms with Crippen molar-refractivity contribution in [1.29, 1.82) is 0 Å². The van der Waals surface area contributed by atoms with E-state index < -0.39 is 17.4 Å². The highest BCUT2D eigenvalue weighted by Gasteiger charge is 2.10. The van der Waals surface area contributed by atoms with Crippen LogP contribution >= 0.6 is 0 Å². The Morgan fingerprint density at radius 3 is 2.50 bits per heavy atom. The molecule has 0 atom stereocenters. The van der Waals surface area contributed by atoms with Gasteiger partial charge in [-0.05, 0) is 17.7 Å². The third-order valence-corrected chi connectivity index (χ3v) is 1.82. The normalized spacial score (nSPS) is 9.56. The summed E-state index contributed by atoms with van der Waals surface area (Å²) in [7, 11) is 1.55. The van der Waals surface area contributed by atoms with Gasteiger partial charge in [0.15, 0.2) is 0 Å². The first-order valence-electron chi connectivity index (χ1n) is 4.52. The Kier molecular flexibility index (Phi) is 4.26. The van der Waals surface area contributed by atoms with Crippen molar-refractivity contribution in [3.63, 3.8) is 0 Å². The largest absolute Gasteiger partial charge is 0.497 e. The minimum Gasteiger partial charge on any atom is -0.497 e. The van der Waals surface area contributed by atoms with E-state index in [2.05, 4.69) is 0 Å². The zero-order valence-corrected chi connectivity index (χ0v) is 8.71. The van der Waals surface area contributed by atoms with Crippen molar-refractivity contribution in [3.05, 3.63) is 39.9 Å². The molecule has 0 saturated carbocycles. The minimum atomic E-state index is -0.846. The summed E-state index contributed by atoms with van der Waals surface area (Å²) < 4.78 is 9.64. The molecule has 0 radical (unpaired) electrons. The van der Waals surface area contributed by atoms with Crippen molar-refractivity contribution in [2.75, 3.05) is 13.7 Å². The molecule has 0 fully saturated rings. The fourth-order valence-electron chi connectivity index (χ4n) is 1.04. The van der Waals surface area contributed by atoms with E-state index in [9.17, 15) is 14.9 Å². The van der Waals surface area contributed by atoms with Crippen LogP contribution in [0.2, 0.25) is 0 Å². The number of rotatable bonds is 5. The number of hydrogen-bond donors (Lipinski definition) is 0. The number of carbonyl (C=O) groups is 1. The number of nitro groups is 1. The molecule has 0 aliphatic carbocycles. The number of methoxy groups -OCH3 is 1. The van der Waals surface area contributed by atoms with Crippen molar-refractivity contribution in [1.82, 2.24) is 0 Å². The number of benzene rings is 1. The van der Waals surface area contributed by atoms with Crippen LogP contribution in [0.3, 0.4) is 0 Å². The van der Waals surface area contributed by atoms with Gasteiger partial charge in [-0.1, -0.05) is 12.1 Å². The van der Waals surface area contributed by atoms with Crippen molar-refractivity contribution in [3.8, 4) is 5.75 Å². The molecule has 6 nitrogen and oxygen atoms in total. The molecule has 0 aliphatic heterocycles. The van der Waals surface area contributed by atoms with Crippen LogP contribution in [0.1, 0.15) is 5.56 Å². The average molecular weight is 225 g/mol. The SMILES string of the molecule is COc1ccc(COC(=O)C[N+](=O)[O-])cc1. The molecule has 6 heteroatoms. The molecule has 0 heterocycles. The van der Waals surface area contributed by atoms with Gasteiger partial charge in [0.05, 0.1) is 7.11 Å². The monoisotopic (exact) mass is 225 g/mol. The molecule has 16 heavy (non-hydrogen) atoms. The predicted octanol–water partition coefficient (Wildman–Crippen LogP) is 1.02. The first kappa shape index (κ1) is 12.0. The Morgan fingerprint density at radius 2 is 2.00 bits per heavy atom. The predicted molar refractivity (Wildman–Crippen MR) is 54.7 cm³/mol. The summed E-state index contributed by atoms with van der Waals surface area (Å²) in [5, 5.41) is 9.99. The lowest BCUT2D eigenvalue weighted by Crippen LogP contribution is -2.16. The zero-order valence-electron chi connectivity index (χ0n) is 8.71. The van der Waals surface area contributed by atoms with Crippen molar-refractivity contribution in [2.45, 2.75) is 6.61 Å². The smallest absolute Gasteiger partial charge is 0.378 e. The van der Waals surface area contributed by atoms with E-state index in [0.29, 0.717) is 5.75 Å². The van der Waals surface area contributed by atoms with Gasteiger partial charge in [0.25, 0.3) is 6.54 Å². The second kappa shape index (κ2) is 5.69. The van der Waals surface area contributed by atoms with Crippen LogP contribution in [-0.2, 0) is 16.1 Å². The van der Waals surface area contributed by atoms with Gasteiger partial charge in [0, 0.05) is 4.92 Å². The van der Waals surface area contributed by atoms with E-state index >= 15 is 0 Å². The van der Waals surface area contributed by atoms with E-state index in [1.165, 1.54) is 0 Å². The highest BCUT2D eigenvalue weighted by molar-refractivity contribution is 5.70. The van der Waals surface area contributed by atoms with Crippen LogP contribution < -0.4 is 4.74 Å². The van der Waals surface area contributed by atoms with Gasteiger partial charge in [0.2, 0.25) is 0 Å². The maximum atomic E-state index is 10.9. The van der Waals surface area contributed by atoms with E-state index in [1.54, 1.807) is 31.4 Å². The topological polar surface area (TPSA) is 78.7 Å². The maximum Gasteiger partial charge on any atom is 0.378 e. The summed E-state index contributed by atoms with van der Waals surface area (Å²) in [4.78, 5) is 20.1. The highest BCUT2D eigenvalue weighted by atomic mass is 16.6. The number of hydrogen-bond acceptors (Lipinski definition) is 5. The Hall–Kier alpha value is -2.11. The van der Waals surface area contributed by atoms with E-state index in [0.717, 1.165) is 5.56 Å². The molecule has 1 aromatic carbocycles. The van der Waals surface area contributed by atoms with Crippen molar-refractivity contribution >= 4 is 5.97 Å². The van der Waals surface area contributed by atoms with E-state index in [-0.39, 0.29) is 6.61 Å². The number of ether oxygens (including phenoxy) is 2. The van der Waals surface area contributed by atoms with E-state index in [1.807, 2.05) is 0 Å². The van der Waals surface area contributed by atoms with Gasteiger partial charge in [-0.15, -0.1) is 0 Å². The molecule has 1 rings (SSSR count). The minimum absolute atomic E-state index is 0.0245. The Balaban J connectivity index is 2.42. The van der Waals surface area contributed by atoms with Crippen LogP contribution in [0.15, 0.2) is 24.3 Å². The molecule has 86 valence electrons. The van der Waals surface area contributed by atoms with Crippen LogP contribution in [0.4, 0.5) is 0 Å². The highest BCUT2D eigenvalue weighted by Crippen LogP contribution is 2.11. The summed E-state index contributed by atoms with van der Waals surface area (Å²) in [5.74, 6) is -0.152. The fraction of sp³-hybridized carbons (Fsp3) is 0.300. The Morgan fingerprint density at radius 1 is 1.38 bits per heavy atom. The first-order valence-corrected chi connectivity index (χ1v) is 4.52. The van der Waals surface area contributed by atoms with Gasteiger partial charge >= 0.3 is 5.97 Å². The summed E-state index contributed by atoms with van der Waals surface area (Å²) in [5.41, 5.74) is 0.748. The van der Waals surface area contributed by atoms with Gasteiger partial charge < -0.3 is 9.47 Å². The lowest BCUT2D eigenvalue weighted by molar-refractivity contribution is -0.470. The van der Waals surface area contributed by atoms with Crippen molar-refractivity contribution in [2.24, 2.45) is 0 Å². The second-order valence-corrected chi connectivity index (χ2v) is 3.00. The van der Waals surface area contributed by atoms with Gasteiger partial charge in [-0.2, -0.15) is 0 Å². The summed E-state index contributed by atoms with van der Waals surface area (Å²) in [6.07, 6.45) is 0. The Labute approximate surface area is 91.9 Å². The summed E-state index contributed by atoms with van der Waals surface area (Å²) in [6, 6.07) is 6.88. The second-order valence-electron chi connectivity index (χ2n) is 3.00. The van der Waals surface area contributed by atoms with Gasteiger partial charge in [0.1, 0.15) is 12.4 Å². The molecular formula is C10H11NO5. The Bertz CT molecular complexity index is 373. The molecule has 0 spiro atoms. The maximum absolute atomic E-state index is 10.9. The third-order valence-electron chi connectivity index (χ3n) is 1.82.